The quantitative estimate of drug-likeness (QED) is 0.781. The first-order chi connectivity index (χ1) is 8.23. The number of aryl methyl sites for hydroxylation is 1. The Bertz CT molecular complexity index is 521. The second kappa shape index (κ2) is 5.49. The van der Waals surface area contributed by atoms with Gasteiger partial charge in [-0.25, -0.2) is 13.4 Å². The van der Waals surface area contributed by atoms with Crippen LogP contribution in [0.2, 0.25) is 0 Å². The average molecular weight is 274 g/mol. The van der Waals surface area contributed by atoms with E-state index in [-0.39, 0.29) is 23.5 Å². The minimum absolute atomic E-state index is 0.0140. The molecule has 0 fully saturated rings. The molecular weight excluding hydrogens is 256 g/mol. The summed E-state index contributed by atoms with van der Waals surface area (Å²) < 4.78 is 25.1. The SMILES string of the molecule is Cc1ncc(S(=O)(=O)N(C)CC(=O)NC(C)C)[nH]1. The van der Waals surface area contributed by atoms with Crippen LogP contribution in [-0.4, -0.2) is 48.2 Å². The van der Waals surface area contributed by atoms with Crippen molar-refractivity contribution in [1.29, 1.82) is 0 Å². The number of sulfonamides is 1. The summed E-state index contributed by atoms with van der Waals surface area (Å²) in [5, 5.41) is 2.62. The normalized spacial score (nSPS) is 12.1. The summed E-state index contributed by atoms with van der Waals surface area (Å²) >= 11 is 0. The van der Waals surface area contributed by atoms with E-state index in [1.807, 2.05) is 13.8 Å². The molecule has 8 heteroatoms. The third kappa shape index (κ3) is 3.54. The predicted octanol–water partition coefficient (Wildman–Crippen LogP) is -0.137. The Labute approximate surface area is 107 Å². The van der Waals surface area contributed by atoms with Crippen molar-refractivity contribution >= 4 is 15.9 Å². The number of nitrogens with one attached hydrogen (secondary N) is 2. The summed E-state index contributed by atoms with van der Waals surface area (Å²) in [5.41, 5.74) is 0. The molecule has 1 aromatic rings. The highest BCUT2D eigenvalue weighted by Crippen LogP contribution is 2.10. The fraction of sp³-hybridized carbons (Fsp3) is 0.600. The van der Waals surface area contributed by atoms with E-state index >= 15 is 0 Å². The standard InChI is InChI=1S/C10H18N4O3S/c1-7(2)12-9(15)6-14(4)18(16,17)10-5-11-8(3)13-10/h5,7H,6H2,1-4H3,(H,11,13)(H,12,15). The van der Waals surface area contributed by atoms with E-state index in [9.17, 15) is 13.2 Å². The molecule has 1 aromatic heterocycles. The molecule has 0 saturated heterocycles. The third-order valence-corrected chi connectivity index (χ3v) is 3.90. The van der Waals surface area contributed by atoms with Crippen LogP contribution in [0, 0.1) is 6.92 Å². The van der Waals surface area contributed by atoms with Gasteiger partial charge in [0, 0.05) is 13.1 Å². The smallest absolute Gasteiger partial charge is 0.260 e. The van der Waals surface area contributed by atoms with Crippen molar-refractivity contribution < 1.29 is 13.2 Å². The monoisotopic (exact) mass is 274 g/mol. The van der Waals surface area contributed by atoms with Gasteiger partial charge in [-0.1, -0.05) is 0 Å². The van der Waals surface area contributed by atoms with Gasteiger partial charge in [0.2, 0.25) is 5.91 Å². The molecule has 0 aliphatic carbocycles. The molecule has 0 atom stereocenters. The Morgan fingerprint density at radius 2 is 2.17 bits per heavy atom. The van der Waals surface area contributed by atoms with Crippen LogP contribution in [0.3, 0.4) is 0 Å². The Morgan fingerprint density at radius 3 is 2.61 bits per heavy atom. The van der Waals surface area contributed by atoms with E-state index in [1.54, 1.807) is 6.92 Å². The molecule has 1 heterocycles. The second-order valence-corrected chi connectivity index (χ2v) is 6.33. The Kier molecular flexibility index (Phi) is 4.47. The van der Waals surface area contributed by atoms with Crippen LogP contribution in [0.1, 0.15) is 19.7 Å². The first-order valence-corrected chi connectivity index (χ1v) is 6.95. The lowest BCUT2D eigenvalue weighted by Crippen LogP contribution is -2.40. The van der Waals surface area contributed by atoms with Crippen LogP contribution < -0.4 is 5.32 Å². The minimum Gasteiger partial charge on any atom is -0.353 e. The first-order valence-electron chi connectivity index (χ1n) is 5.51. The molecule has 0 aromatic carbocycles. The van der Waals surface area contributed by atoms with E-state index in [2.05, 4.69) is 15.3 Å². The summed E-state index contributed by atoms with van der Waals surface area (Å²) in [4.78, 5) is 18.0. The summed E-state index contributed by atoms with van der Waals surface area (Å²) in [5.74, 6) is 0.168. The summed E-state index contributed by atoms with van der Waals surface area (Å²) in [7, 11) is -2.34. The highest BCUT2D eigenvalue weighted by molar-refractivity contribution is 7.89. The van der Waals surface area contributed by atoms with Crippen LogP contribution in [0.15, 0.2) is 11.2 Å². The van der Waals surface area contributed by atoms with Gasteiger partial charge >= 0.3 is 0 Å². The second-order valence-electron chi connectivity index (χ2n) is 4.32. The number of aromatic nitrogens is 2. The fourth-order valence-corrected chi connectivity index (χ4v) is 2.44. The van der Waals surface area contributed by atoms with Gasteiger partial charge in [-0.2, -0.15) is 4.31 Å². The van der Waals surface area contributed by atoms with Gasteiger partial charge in [-0.3, -0.25) is 4.79 Å². The molecule has 0 radical (unpaired) electrons. The molecule has 2 N–H and O–H groups in total. The number of imidazole rings is 1. The van der Waals surface area contributed by atoms with Gasteiger partial charge in [0.05, 0.1) is 12.7 Å². The zero-order valence-electron chi connectivity index (χ0n) is 10.9. The average Bonchev–Trinajstić information content (AvgIpc) is 2.63. The molecule has 1 rings (SSSR count). The van der Waals surface area contributed by atoms with Crippen molar-refractivity contribution in [2.45, 2.75) is 31.8 Å². The van der Waals surface area contributed by atoms with E-state index in [0.29, 0.717) is 5.82 Å². The van der Waals surface area contributed by atoms with Gasteiger partial charge in [0.15, 0.2) is 5.03 Å². The first kappa shape index (κ1) is 14.7. The number of nitrogens with zero attached hydrogens (tertiary/aromatic N) is 2. The lowest BCUT2D eigenvalue weighted by Gasteiger charge is -2.16. The molecular formula is C10H18N4O3S. The molecule has 102 valence electrons. The maximum Gasteiger partial charge on any atom is 0.260 e. The summed E-state index contributed by atoms with van der Waals surface area (Å²) in [6.07, 6.45) is 1.24. The maximum atomic E-state index is 12.0. The Morgan fingerprint density at radius 1 is 1.56 bits per heavy atom. The largest absolute Gasteiger partial charge is 0.353 e. The van der Waals surface area contributed by atoms with Gasteiger partial charge in [0.1, 0.15) is 5.82 Å². The Hall–Kier alpha value is -1.41. The number of aromatic amines is 1. The van der Waals surface area contributed by atoms with Crippen molar-refractivity contribution in [3.8, 4) is 0 Å². The van der Waals surface area contributed by atoms with Crippen molar-refractivity contribution in [2.24, 2.45) is 0 Å². The van der Waals surface area contributed by atoms with Crippen molar-refractivity contribution in [3.63, 3.8) is 0 Å². The highest BCUT2D eigenvalue weighted by atomic mass is 32.2. The van der Waals surface area contributed by atoms with E-state index in [0.717, 1.165) is 4.31 Å². The molecule has 0 spiro atoms. The number of carbonyl (C=O) groups excluding carboxylic acids is 1. The van der Waals surface area contributed by atoms with Crippen molar-refractivity contribution in [3.05, 3.63) is 12.0 Å². The molecule has 0 aliphatic heterocycles. The molecule has 18 heavy (non-hydrogen) atoms. The molecule has 0 aliphatic rings. The van der Waals surface area contributed by atoms with Gasteiger partial charge in [0.25, 0.3) is 10.0 Å². The number of rotatable bonds is 5. The van der Waals surface area contributed by atoms with Crippen LogP contribution in [0.5, 0.6) is 0 Å². The number of amides is 1. The lowest BCUT2D eigenvalue weighted by atomic mass is 10.4. The van der Waals surface area contributed by atoms with Crippen LogP contribution >= 0.6 is 0 Å². The zero-order chi connectivity index (χ0) is 13.9. The molecule has 0 saturated carbocycles. The van der Waals surface area contributed by atoms with E-state index < -0.39 is 10.0 Å². The molecule has 0 bridgehead atoms. The van der Waals surface area contributed by atoms with Gasteiger partial charge in [-0.15, -0.1) is 0 Å². The van der Waals surface area contributed by atoms with Crippen molar-refractivity contribution in [2.75, 3.05) is 13.6 Å². The topological polar surface area (TPSA) is 95.2 Å². The van der Waals surface area contributed by atoms with Crippen LogP contribution in [0.25, 0.3) is 0 Å². The molecule has 7 nitrogen and oxygen atoms in total. The summed E-state index contributed by atoms with van der Waals surface area (Å²) in [6.45, 7) is 5.05. The van der Waals surface area contributed by atoms with Crippen molar-refractivity contribution in [1.82, 2.24) is 19.6 Å². The number of likely N-dealkylation sites (N-methyl/N-ethyl adjacent to an activating group) is 1. The predicted molar refractivity (Wildman–Crippen MR) is 66.4 cm³/mol. The maximum absolute atomic E-state index is 12.0. The van der Waals surface area contributed by atoms with E-state index in [4.69, 9.17) is 0 Å². The Balaban J connectivity index is 2.77. The van der Waals surface area contributed by atoms with E-state index in [1.165, 1.54) is 13.2 Å². The third-order valence-electron chi connectivity index (χ3n) is 2.18. The molecule has 0 unspecified atom stereocenters. The number of hydrogen-bond donors (Lipinski definition) is 2. The summed E-state index contributed by atoms with van der Waals surface area (Å²) in [6, 6.07) is -0.0250. The highest BCUT2D eigenvalue weighted by Gasteiger charge is 2.24. The van der Waals surface area contributed by atoms with Gasteiger partial charge in [-0.05, 0) is 20.8 Å². The number of H-pyrrole nitrogens is 1. The molecule has 1 amide bonds. The number of hydrogen-bond acceptors (Lipinski definition) is 4. The minimum atomic E-state index is -3.69. The van der Waals surface area contributed by atoms with Gasteiger partial charge < -0.3 is 10.3 Å². The zero-order valence-corrected chi connectivity index (χ0v) is 11.7. The fourth-order valence-electron chi connectivity index (χ4n) is 1.35. The van der Waals surface area contributed by atoms with Crippen LogP contribution in [-0.2, 0) is 14.8 Å². The number of carbonyl (C=O) groups is 1. The lowest BCUT2D eigenvalue weighted by molar-refractivity contribution is -0.121. The van der Waals surface area contributed by atoms with Crippen LogP contribution in [0.4, 0.5) is 0 Å².